The van der Waals surface area contributed by atoms with Crippen LogP contribution in [0, 0.1) is 0 Å². The minimum absolute atomic E-state index is 0.565. The first-order valence-electron chi connectivity index (χ1n) is 3.80. The molecule has 0 aliphatic heterocycles. The van der Waals surface area contributed by atoms with E-state index in [2.05, 4.69) is 34.4 Å². The Hall–Kier alpha value is -0.150. The zero-order valence-corrected chi connectivity index (χ0v) is 9.12. The van der Waals surface area contributed by atoms with Crippen LogP contribution in [0.15, 0.2) is 23.7 Å². The molecule has 0 aliphatic rings. The lowest BCUT2D eigenvalue weighted by molar-refractivity contribution is 0.225. The fourth-order valence-corrected chi connectivity index (χ4v) is 1.19. The van der Waals surface area contributed by atoms with E-state index in [9.17, 15) is 4.39 Å². The van der Waals surface area contributed by atoms with Gasteiger partial charge in [0.05, 0.1) is 5.54 Å². The van der Waals surface area contributed by atoms with Crippen LogP contribution in [0.1, 0.15) is 13.8 Å². The minimum Gasteiger partial charge on any atom is -0.301 e. The Labute approximate surface area is 81.9 Å². The molecule has 0 fully saturated rings. The standard InChI is InChI=1S/C9H15BrFN/c1-5-6-12-9(4,7(2)10)8(3)11/h5,8,12H,1-2,6H2,3-4H3/t8-,9?/m0/s1. The number of hydrogen-bond acceptors (Lipinski definition) is 1. The van der Waals surface area contributed by atoms with Crippen molar-refractivity contribution in [3.63, 3.8) is 0 Å². The van der Waals surface area contributed by atoms with Gasteiger partial charge >= 0.3 is 0 Å². The Morgan fingerprint density at radius 1 is 1.83 bits per heavy atom. The molecule has 0 bridgehead atoms. The number of hydrogen-bond donors (Lipinski definition) is 1. The molecular weight excluding hydrogens is 221 g/mol. The van der Waals surface area contributed by atoms with E-state index in [4.69, 9.17) is 0 Å². The molecule has 0 amide bonds. The second-order valence-electron chi connectivity index (χ2n) is 2.89. The summed E-state index contributed by atoms with van der Waals surface area (Å²) in [6, 6.07) is 0. The fraction of sp³-hybridized carbons (Fsp3) is 0.556. The average Bonchev–Trinajstić information content (AvgIpc) is 1.99. The molecule has 0 saturated heterocycles. The van der Waals surface area contributed by atoms with E-state index < -0.39 is 11.7 Å². The van der Waals surface area contributed by atoms with Gasteiger partial charge < -0.3 is 5.32 Å². The molecule has 3 heteroatoms. The summed E-state index contributed by atoms with van der Waals surface area (Å²) in [5.74, 6) is 0. The summed E-state index contributed by atoms with van der Waals surface area (Å²) < 4.78 is 13.8. The highest BCUT2D eigenvalue weighted by atomic mass is 79.9. The van der Waals surface area contributed by atoms with Crippen molar-refractivity contribution in [2.45, 2.75) is 25.6 Å². The molecule has 70 valence electrons. The summed E-state index contributed by atoms with van der Waals surface area (Å²) >= 11 is 3.20. The van der Waals surface area contributed by atoms with Gasteiger partial charge in [0.25, 0.3) is 0 Å². The van der Waals surface area contributed by atoms with Crippen LogP contribution in [0.2, 0.25) is 0 Å². The van der Waals surface area contributed by atoms with Crippen molar-refractivity contribution < 1.29 is 4.39 Å². The second-order valence-corrected chi connectivity index (χ2v) is 3.85. The molecule has 0 saturated carbocycles. The maximum Gasteiger partial charge on any atom is 0.120 e. The largest absolute Gasteiger partial charge is 0.301 e. The van der Waals surface area contributed by atoms with Crippen LogP contribution in [-0.2, 0) is 0 Å². The van der Waals surface area contributed by atoms with Crippen molar-refractivity contribution in [1.82, 2.24) is 5.32 Å². The molecule has 0 heterocycles. The molecule has 0 spiro atoms. The van der Waals surface area contributed by atoms with Gasteiger partial charge in [-0.25, -0.2) is 4.39 Å². The Kier molecular flexibility index (Phi) is 4.71. The summed E-state index contributed by atoms with van der Waals surface area (Å²) in [6.07, 6.45) is 0.695. The van der Waals surface area contributed by atoms with Crippen molar-refractivity contribution >= 4 is 15.9 Å². The quantitative estimate of drug-likeness (QED) is 0.724. The Bertz CT molecular complexity index is 179. The van der Waals surface area contributed by atoms with Gasteiger partial charge in [0.15, 0.2) is 0 Å². The van der Waals surface area contributed by atoms with Gasteiger partial charge in [-0.05, 0) is 13.8 Å². The third-order valence-electron chi connectivity index (χ3n) is 1.97. The summed E-state index contributed by atoms with van der Waals surface area (Å²) in [7, 11) is 0. The van der Waals surface area contributed by atoms with Crippen molar-refractivity contribution in [3.05, 3.63) is 23.7 Å². The number of rotatable bonds is 5. The van der Waals surface area contributed by atoms with Crippen molar-refractivity contribution in [3.8, 4) is 0 Å². The fourth-order valence-electron chi connectivity index (χ4n) is 0.737. The Morgan fingerprint density at radius 2 is 2.33 bits per heavy atom. The molecule has 0 rings (SSSR count). The summed E-state index contributed by atoms with van der Waals surface area (Å²) in [5, 5.41) is 3.01. The molecular formula is C9H15BrFN. The average molecular weight is 236 g/mol. The monoisotopic (exact) mass is 235 g/mol. The van der Waals surface area contributed by atoms with Gasteiger partial charge in [0.1, 0.15) is 6.17 Å². The Morgan fingerprint density at radius 3 is 2.58 bits per heavy atom. The normalized spacial score (nSPS) is 18.0. The molecule has 0 aromatic rings. The molecule has 0 aromatic carbocycles. The third-order valence-corrected chi connectivity index (χ3v) is 2.80. The number of alkyl halides is 1. The van der Waals surface area contributed by atoms with Gasteiger partial charge in [-0.1, -0.05) is 28.6 Å². The van der Waals surface area contributed by atoms with Crippen molar-refractivity contribution in [1.29, 1.82) is 0 Å². The number of halogens is 2. The molecule has 12 heavy (non-hydrogen) atoms. The molecule has 1 nitrogen and oxygen atoms in total. The topological polar surface area (TPSA) is 12.0 Å². The van der Waals surface area contributed by atoms with Crippen molar-refractivity contribution in [2.24, 2.45) is 0 Å². The van der Waals surface area contributed by atoms with E-state index in [-0.39, 0.29) is 0 Å². The molecule has 0 radical (unpaired) electrons. The molecule has 1 unspecified atom stereocenters. The van der Waals surface area contributed by atoms with E-state index in [0.29, 0.717) is 11.0 Å². The van der Waals surface area contributed by atoms with Gasteiger partial charge in [-0.2, -0.15) is 0 Å². The highest BCUT2D eigenvalue weighted by Crippen LogP contribution is 2.26. The van der Waals surface area contributed by atoms with E-state index in [1.165, 1.54) is 6.92 Å². The van der Waals surface area contributed by atoms with Crippen LogP contribution in [0.25, 0.3) is 0 Å². The van der Waals surface area contributed by atoms with Crippen LogP contribution in [0.3, 0.4) is 0 Å². The first kappa shape index (κ1) is 11.8. The zero-order chi connectivity index (χ0) is 9.78. The molecule has 2 atom stereocenters. The van der Waals surface area contributed by atoms with Gasteiger partial charge in [0, 0.05) is 11.0 Å². The van der Waals surface area contributed by atoms with Gasteiger partial charge in [-0.15, -0.1) is 6.58 Å². The SMILES string of the molecule is C=CCNC(C)(C(=C)Br)[C@H](C)F. The van der Waals surface area contributed by atoms with Crippen LogP contribution in [0.5, 0.6) is 0 Å². The lowest BCUT2D eigenvalue weighted by Crippen LogP contribution is -2.49. The summed E-state index contributed by atoms with van der Waals surface area (Å²) in [5.41, 5.74) is -0.714. The smallest absolute Gasteiger partial charge is 0.120 e. The minimum atomic E-state index is -0.996. The lowest BCUT2D eigenvalue weighted by Gasteiger charge is -2.31. The van der Waals surface area contributed by atoms with Crippen LogP contribution < -0.4 is 5.32 Å². The van der Waals surface area contributed by atoms with Crippen LogP contribution in [0.4, 0.5) is 4.39 Å². The second kappa shape index (κ2) is 4.77. The first-order valence-corrected chi connectivity index (χ1v) is 4.59. The maximum atomic E-state index is 13.1. The predicted octanol–water partition coefficient (Wildman–Crippen LogP) is 2.79. The van der Waals surface area contributed by atoms with Crippen LogP contribution >= 0.6 is 15.9 Å². The van der Waals surface area contributed by atoms with Crippen molar-refractivity contribution in [2.75, 3.05) is 6.54 Å². The molecule has 1 N–H and O–H groups in total. The van der Waals surface area contributed by atoms with E-state index in [0.717, 1.165) is 0 Å². The third kappa shape index (κ3) is 2.72. The highest BCUT2D eigenvalue weighted by molar-refractivity contribution is 9.11. The highest BCUT2D eigenvalue weighted by Gasteiger charge is 2.32. The predicted molar refractivity (Wildman–Crippen MR) is 55.2 cm³/mol. The lowest BCUT2D eigenvalue weighted by atomic mass is 9.97. The van der Waals surface area contributed by atoms with E-state index in [1.54, 1.807) is 13.0 Å². The van der Waals surface area contributed by atoms with E-state index in [1.807, 2.05) is 0 Å². The number of nitrogens with one attached hydrogen (secondary N) is 1. The van der Waals surface area contributed by atoms with E-state index >= 15 is 0 Å². The van der Waals surface area contributed by atoms with Gasteiger partial charge in [0.2, 0.25) is 0 Å². The summed E-state index contributed by atoms with van der Waals surface area (Å²) in [6.45, 7) is 11.1. The zero-order valence-electron chi connectivity index (χ0n) is 7.53. The van der Waals surface area contributed by atoms with Gasteiger partial charge in [-0.3, -0.25) is 0 Å². The first-order chi connectivity index (χ1) is 5.45. The summed E-state index contributed by atoms with van der Waals surface area (Å²) in [4.78, 5) is 0. The maximum absolute atomic E-state index is 13.1. The Balaban J connectivity index is 4.39. The molecule has 0 aromatic heterocycles. The van der Waals surface area contributed by atoms with Crippen LogP contribution in [-0.4, -0.2) is 18.3 Å². The molecule has 0 aliphatic carbocycles.